The first-order valence-corrected chi connectivity index (χ1v) is 7.22. The van der Waals surface area contributed by atoms with Gasteiger partial charge in [-0.25, -0.2) is 9.37 Å². The predicted octanol–water partition coefficient (Wildman–Crippen LogP) is 3.05. The largest absolute Gasteiger partial charge is 0.378 e. The van der Waals surface area contributed by atoms with Crippen LogP contribution in [0.1, 0.15) is 17.5 Å². The van der Waals surface area contributed by atoms with E-state index in [9.17, 15) is 4.39 Å². The molecule has 2 N–H and O–H groups in total. The Bertz CT molecular complexity index is 573. The summed E-state index contributed by atoms with van der Waals surface area (Å²) in [6.45, 7) is 3.42. The maximum Gasteiger partial charge on any atom is 0.190 e. The molecule has 0 saturated carbocycles. The number of benzene rings is 1. The van der Waals surface area contributed by atoms with Gasteiger partial charge in [0.05, 0.1) is 18.0 Å². The third kappa shape index (κ3) is 2.98. The fraction of sp³-hybridized carbons (Fsp3) is 0.357. The Morgan fingerprint density at radius 2 is 2.15 bits per heavy atom. The molecule has 0 aliphatic carbocycles. The monoisotopic (exact) mass is 295 g/mol. The molecular weight excluding hydrogens is 277 g/mol. The van der Waals surface area contributed by atoms with Crippen molar-refractivity contribution in [3.63, 3.8) is 0 Å². The minimum absolute atomic E-state index is 0.257. The van der Waals surface area contributed by atoms with E-state index in [2.05, 4.69) is 4.98 Å². The van der Waals surface area contributed by atoms with Crippen molar-refractivity contribution in [1.82, 2.24) is 4.98 Å². The van der Waals surface area contributed by atoms with Gasteiger partial charge in [0, 0.05) is 25.1 Å². The van der Waals surface area contributed by atoms with Gasteiger partial charge in [-0.05, 0) is 19.1 Å². The lowest BCUT2D eigenvalue weighted by Gasteiger charge is -2.20. The van der Waals surface area contributed by atoms with Gasteiger partial charge in [0.1, 0.15) is 5.82 Å². The second-order valence-electron chi connectivity index (χ2n) is 4.20. The Hall–Kier alpha value is -1.50. The molecule has 0 radical (unpaired) electrons. The minimum Gasteiger partial charge on any atom is -0.378 e. The summed E-state index contributed by atoms with van der Waals surface area (Å²) >= 11 is 1.48. The number of aromatic nitrogens is 1. The molecule has 108 valence electrons. The van der Waals surface area contributed by atoms with Crippen LogP contribution in [0.2, 0.25) is 0 Å². The van der Waals surface area contributed by atoms with Crippen molar-refractivity contribution in [2.45, 2.75) is 20.1 Å². The number of hydrogen-bond donors (Lipinski definition) is 1. The Balaban J connectivity index is 2.39. The highest BCUT2D eigenvalue weighted by molar-refractivity contribution is 7.15. The third-order valence-electron chi connectivity index (χ3n) is 2.92. The van der Waals surface area contributed by atoms with E-state index in [0.717, 1.165) is 15.7 Å². The predicted molar refractivity (Wildman–Crippen MR) is 79.8 cm³/mol. The highest BCUT2D eigenvalue weighted by Crippen LogP contribution is 2.33. The molecule has 1 heterocycles. The fourth-order valence-corrected chi connectivity index (χ4v) is 2.99. The van der Waals surface area contributed by atoms with Crippen LogP contribution in [0.4, 0.5) is 15.2 Å². The molecule has 20 heavy (non-hydrogen) atoms. The van der Waals surface area contributed by atoms with Gasteiger partial charge < -0.3 is 15.4 Å². The zero-order valence-electron chi connectivity index (χ0n) is 11.6. The molecular formula is C14H18FN3OS. The van der Waals surface area contributed by atoms with E-state index >= 15 is 0 Å². The lowest BCUT2D eigenvalue weighted by Crippen LogP contribution is -2.17. The highest BCUT2D eigenvalue weighted by Gasteiger charge is 2.18. The normalized spacial score (nSPS) is 10.8. The van der Waals surface area contributed by atoms with Crippen LogP contribution in [0, 0.1) is 5.82 Å². The quantitative estimate of drug-likeness (QED) is 0.890. The molecule has 0 fully saturated rings. The summed E-state index contributed by atoms with van der Waals surface area (Å²) in [6, 6.07) is 6.69. The van der Waals surface area contributed by atoms with Gasteiger partial charge in [-0.15, -0.1) is 0 Å². The summed E-state index contributed by atoms with van der Waals surface area (Å²) in [5.41, 5.74) is 7.07. The average molecular weight is 295 g/mol. The Kier molecular flexibility index (Phi) is 5.05. The molecule has 6 heteroatoms. The number of ether oxygens (including phenoxy) is 1. The SMILES string of the molecule is CCN(c1nc(COC)c(CN)s1)c1ccccc1F. The summed E-state index contributed by atoms with van der Waals surface area (Å²) < 4.78 is 19.1. The molecule has 0 spiro atoms. The summed E-state index contributed by atoms with van der Waals surface area (Å²) in [5.74, 6) is -0.257. The Morgan fingerprint density at radius 1 is 1.40 bits per heavy atom. The van der Waals surface area contributed by atoms with Crippen LogP contribution in [-0.4, -0.2) is 18.6 Å². The number of rotatable bonds is 6. The standard InChI is InChI=1S/C14H18FN3OS/c1-3-18(12-7-5-4-6-10(12)15)14-17-11(9-19-2)13(8-16)20-14/h4-7H,3,8-9,16H2,1-2H3. The van der Waals surface area contributed by atoms with E-state index in [4.69, 9.17) is 10.5 Å². The minimum atomic E-state index is -0.257. The number of hydrogen-bond acceptors (Lipinski definition) is 5. The first-order valence-electron chi connectivity index (χ1n) is 6.40. The number of nitrogens with two attached hydrogens (primary N) is 1. The average Bonchev–Trinajstić information content (AvgIpc) is 2.85. The van der Waals surface area contributed by atoms with E-state index in [1.54, 1.807) is 19.2 Å². The van der Waals surface area contributed by atoms with Crippen molar-refractivity contribution in [2.24, 2.45) is 5.73 Å². The molecule has 1 aromatic heterocycles. The van der Waals surface area contributed by atoms with Crippen molar-refractivity contribution in [3.05, 3.63) is 40.7 Å². The maximum atomic E-state index is 13.9. The number of anilines is 2. The van der Waals surface area contributed by atoms with Gasteiger partial charge >= 0.3 is 0 Å². The van der Waals surface area contributed by atoms with Crippen LogP contribution in [-0.2, 0) is 17.9 Å². The number of nitrogens with zero attached hydrogens (tertiary/aromatic N) is 2. The van der Waals surface area contributed by atoms with Gasteiger partial charge in [-0.3, -0.25) is 0 Å². The summed E-state index contributed by atoms with van der Waals surface area (Å²) in [5, 5.41) is 0.741. The van der Waals surface area contributed by atoms with Crippen LogP contribution in [0.5, 0.6) is 0 Å². The lowest BCUT2D eigenvalue weighted by atomic mass is 10.3. The van der Waals surface area contributed by atoms with Crippen molar-refractivity contribution < 1.29 is 9.13 Å². The number of para-hydroxylation sites is 1. The van der Waals surface area contributed by atoms with Gasteiger partial charge in [-0.2, -0.15) is 0 Å². The second kappa shape index (κ2) is 6.78. The molecule has 1 aromatic carbocycles. The Morgan fingerprint density at radius 3 is 2.75 bits per heavy atom. The molecule has 0 atom stereocenters. The first-order chi connectivity index (χ1) is 9.71. The Labute approximate surface area is 122 Å². The van der Waals surface area contributed by atoms with E-state index in [1.807, 2.05) is 17.9 Å². The van der Waals surface area contributed by atoms with E-state index < -0.39 is 0 Å². The van der Waals surface area contributed by atoms with Crippen LogP contribution in [0.15, 0.2) is 24.3 Å². The van der Waals surface area contributed by atoms with Crippen LogP contribution >= 0.6 is 11.3 Å². The fourth-order valence-electron chi connectivity index (χ4n) is 1.97. The molecule has 0 aliphatic rings. The van der Waals surface area contributed by atoms with E-state index in [1.165, 1.54) is 17.4 Å². The molecule has 2 aromatic rings. The smallest absolute Gasteiger partial charge is 0.190 e. The molecule has 4 nitrogen and oxygen atoms in total. The van der Waals surface area contributed by atoms with Crippen molar-refractivity contribution >= 4 is 22.2 Å². The summed E-state index contributed by atoms with van der Waals surface area (Å²) in [6.07, 6.45) is 0. The van der Waals surface area contributed by atoms with Crippen LogP contribution in [0.25, 0.3) is 0 Å². The van der Waals surface area contributed by atoms with Gasteiger partial charge in [-0.1, -0.05) is 23.5 Å². The van der Waals surface area contributed by atoms with Crippen molar-refractivity contribution in [3.8, 4) is 0 Å². The number of thiazole rings is 1. The lowest BCUT2D eigenvalue weighted by molar-refractivity contribution is 0.181. The third-order valence-corrected chi connectivity index (χ3v) is 4.07. The highest BCUT2D eigenvalue weighted by atomic mass is 32.1. The molecule has 0 amide bonds. The van der Waals surface area contributed by atoms with Crippen LogP contribution in [0.3, 0.4) is 0 Å². The first kappa shape index (κ1) is 14.9. The van der Waals surface area contributed by atoms with Gasteiger partial charge in [0.2, 0.25) is 0 Å². The molecule has 0 bridgehead atoms. The van der Waals surface area contributed by atoms with E-state index in [0.29, 0.717) is 25.4 Å². The zero-order chi connectivity index (χ0) is 14.5. The van der Waals surface area contributed by atoms with Crippen molar-refractivity contribution in [2.75, 3.05) is 18.6 Å². The maximum absolute atomic E-state index is 13.9. The van der Waals surface area contributed by atoms with E-state index in [-0.39, 0.29) is 5.82 Å². The van der Waals surface area contributed by atoms with Crippen molar-refractivity contribution in [1.29, 1.82) is 0 Å². The second-order valence-corrected chi connectivity index (χ2v) is 5.26. The number of halogens is 1. The molecule has 2 rings (SSSR count). The van der Waals surface area contributed by atoms with Crippen LogP contribution < -0.4 is 10.6 Å². The summed E-state index contributed by atoms with van der Waals surface area (Å²) in [4.78, 5) is 7.35. The van der Waals surface area contributed by atoms with Gasteiger partial charge in [0.25, 0.3) is 0 Å². The summed E-state index contributed by atoms with van der Waals surface area (Å²) in [7, 11) is 1.62. The van der Waals surface area contributed by atoms with Gasteiger partial charge in [0.15, 0.2) is 5.13 Å². The number of methoxy groups -OCH3 is 1. The molecule has 0 saturated heterocycles. The molecule has 0 unspecified atom stereocenters. The topological polar surface area (TPSA) is 51.4 Å². The zero-order valence-corrected chi connectivity index (χ0v) is 12.4. The molecule has 0 aliphatic heterocycles.